The number of nitrogens with zero attached hydrogens (tertiary/aromatic N) is 1. The number of ketones is 1. The average Bonchev–Trinajstić information content (AvgIpc) is 2.80. The van der Waals surface area contributed by atoms with Crippen LogP contribution in [0.1, 0.15) is 34.3 Å². The van der Waals surface area contributed by atoms with Gasteiger partial charge in [-0.2, -0.15) is 0 Å². The van der Waals surface area contributed by atoms with E-state index in [0.717, 1.165) is 41.8 Å². The summed E-state index contributed by atoms with van der Waals surface area (Å²) in [5.74, 6) is 0.220. The van der Waals surface area contributed by atoms with Crippen LogP contribution in [0.15, 0.2) is 59.6 Å². The molecule has 2 aliphatic rings. The minimum atomic E-state index is -0.538. The van der Waals surface area contributed by atoms with Crippen LogP contribution < -0.4 is 0 Å². The summed E-state index contributed by atoms with van der Waals surface area (Å²) in [5.41, 5.74) is 3.39. The van der Waals surface area contributed by atoms with E-state index in [-0.39, 0.29) is 5.78 Å². The van der Waals surface area contributed by atoms with Gasteiger partial charge in [0.1, 0.15) is 5.41 Å². The van der Waals surface area contributed by atoms with Gasteiger partial charge in [0.15, 0.2) is 5.78 Å². The highest BCUT2D eigenvalue weighted by molar-refractivity contribution is 6.35. The van der Waals surface area contributed by atoms with E-state index in [2.05, 4.69) is 12.1 Å². The van der Waals surface area contributed by atoms with Crippen molar-refractivity contribution in [3.8, 4) is 0 Å². The molecule has 0 spiro atoms. The van der Waals surface area contributed by atoms with Crippen LogP contribution in [0.5, 0.6) is 0 Å². The van der Waals surface area contributed by atoms with Gasteiger partial charge in [-0.1, -0.05) is 54.6 Å². The van der Waals surface area contributed by atoms with E-state index in [9.17, 15) is 4.79 Å². The van der Waals surface area contributed by atoms with Crippen molar-refractivity contribution in [1.29, 1.82) is 0 Å². The van der Waals surface area contributed by atoms with Gasteiger partial charge >= 0.3 is 0 Å². The highest BCUT2D eigenvalue weighted by atomic mass is 16.1. The largest absolute Gasteiger partial charge is 0.293 e. The van der Waals surface area contributed by atoms with Crippen molar-refractivity contribution in [2.45, 2.75) is 18.3 Å². The van der Waals surface area contributed by atoms with Crippen LogP contribution in [0.25, 0.3) is 0 Å². The molecular weight excluding hydrogens is 246 g/mol. The molecule has 2 aromatic carbocycles. The molecule has 2 nitrogen and oxygen atoms in total. The summed E-state index contributed by atoms with van der Waals surface area (Å²) >= 11 is 0. The monoisotopic (exact) mass is 261 g/mol. The molecule has 20 heavy (non-hydrogen) atoms. The van der Waals surface area contributed by atoms with E-state index in [1.165, 1.54) is 0 Å². The lowest BCUT2D eigenvalue weighted by Crippen LogP contribution is -2.41. The predicted molar refractivity (Wildman–Crippen MR) is 79.5 cm³/mol. The lowest BCUT2D eigenvalue weighted by molar-refractivity contribution is 0.0928. The molecule has 0 saturated heterocycles. The summed E-state index contributed by atoms with van der Waals surface area (Å²) in [6.45, 7) is 0.825. The first kappa shape index (κ1) is 11.6. The molecule has 0 unspecified atom stereocenters. The number of benzene rings is 2. The Kier molecular flexibility index (Phi) is 2.40. The third-order valence-electron chi connectivity index (χ3n) is 4.47. The summed E-state index contributed by atoms with van der Waals surface area (Å²) < 4.78 is 0. The Labute approximate surface area is 118 Å². The van der Waals surface area contributed by atoms with E-state index in [1.807, 2.05) is 42.5 Å². The smallest absolute Gasteiger partial charge is 0.180 e. The van der Waals surface area contributed by atoms with Gasteiger partial charge in [-0.3, -0.25) is 9.79 Å². The van der Waals surface area contributed by atoms with Crippen LogP contribution in [-0.4, -0.2) is 18.0 Å². The van der Waals surface area contributed by atoms with Crippen LogP contribution >= 0.6 is 0 Å². The summed E-state index contributed by atoms with van der Waals surface area (Å²) in [6.07, 6.45) is 1.83. The molecule has 1 aliphatic heterocycles. The second kappa shape index (κ2) is 4.14. The Morgan fingerprint density at radius 3 is 2.40 bits per heavy atom. The van der Waals surface area contributed by atoms with Gasteiger partial charge in [-0.15, -0.1) is 0 Å². The van der Waals surface area contributed by atoms with Crippen molar-refractivity contribution in [1.82, 2.24) is 0 Å². The number of rotatable bonds is 1. The molecule has 1 heterocycles. The SMILES string of the molecule is O=C1c2ccccc2C2=NCCC[C@@]12c1ccccc1. The molecule has 1 atom stereocenters. The summed E-state index contributed by atoms with van der Waals surface area (Å²) in [7, 11) is 0. The third-order valence-corrected chi connectivity index (χ3v) is 4.47. The zero-order chi connectivity index (χ0) is 13.6. The molecule has 0 aromatic heterocycles. The first-order valence-electron chi connectivity index (χ1n) is 7.09. The highest BCUT2D eigenvalue weighted by Gasteiger charge is 2.52. The maximum atomic E-state index is 13.1. The molecule has 0 fully saturated rings. The summed E-state index contributed by atoms with van der Waals surface area (Å²) in [6, 6.07) is 18.0. The van der Waals surface area contributed by atoms with Crippen molar-refractivity contribution in [2.75, 3.05) is 6.54 Å². The lowest BCUT2D eigenvalue weighted by Gasteiger charge is -2.32. The van der Waals surface area contributed by atoms with Crippen molar-refractivity contribution in [3.05, 3.63) is 71.3 Å². The van der Waals surface area contributed by atoms with Gasteiger partial charge in [0.25, 0.3) is 0 Å². The highest BCUT2D eigenvalue weighted by Crippen LogP contribution is 2.45. The van der Waals surface area contributed by atoms with Gasteiger partial charge in [0, 0.05) is 17.7 Å². The molecule has 2 heteroatoms. The van der Waals surface area contributed by atoms with Crippen LogP contribution in [0.3, 0.4) is 0 Å². The molecule has 0 bridgehead atoms. The first-order chi connectivity index (χ1) is 9.84. The molecule has 98 valence electrons. The van der Waals surface area contributed by atoms with E-state index in [4.69, 9.17) is 4.99 Å². The molecule has 0 amide bonds. The number of hydrogen-bond acceptors (Lipinski definition) is 2. The lowest BCUT2D eigenvalue weighted by atomic mass is 9.71. The molecule has 0 saturated carbocycles. The zero-order valence-corrected chi connectivity index (χ0v) is 11.2. The summed E-state index contributed by atoms with van der Waals surface area (Å²) in [4.78, 5) is 17.8. The number of carbonyl (C=O) groups is 1. The fraction of sp³-hybridized carbons (Fsp3) is 0.222. The Balaban J connectivity index is 2.02. The standard InChI is InChI=1S/C18H15NO/c20-17-15-10-5-4-9-14(15)16-18(17,11-6-12-19-16)13-7-2-1-3-8-13/h1-5,7-10H,6,11-12H2/t18-/m0/s1. The second-order valence-electron chi connectivity index (χ2n) is 5.48. The van der Waals surface area contributed by atoms with Gasteiger partial charge in [-0.05, 0) is 18.4 Å². The number of carbonyl (C=O) groups excluding carboxylic acids is 1. The Hall–Kier alpha value is -2.22. The van der Waals surface area contributed by atoms with Gasteiger partial charge in [-0.25, -0.2) is 0 Å². The van der Waals surface area contributed by atoms with E-state index in [0.29, 0.717) is 0 Å². The average molecular weight is 261 g/mol. The van der Waals surface area contributed by atoms with Crippen LogP contribution in [-0.2, 0) is 5.41 Å². The normalized spacial score (nSPS) is 24.0. The Morgan fingerprint density at radius 2 is 1.60 bits per heavy atom. The topological polar surface area (TPSA) is 29.4 Å². The van der Waals surface area contributed by atoms with Crippen molar-refractivity contribution >= 4 is 11.5 Å². The number of Topliss-reactive ketones (excluding diaryl/α,β-unsaturated/α-hetero) is 1. The zero-order valence-electron chi connectivity index (χ0n) is 11.2. The maximum absolute atomic E-state index is 13.1. The van der Waals surface area contributed by atoms with E-state index in [1.54, 1.807) is 0 Å². The first-order valence-corrected chi connectivity index (χ1v) is 7.09. The van der Waals surface area contributed by atoms with Crippen LogP contribution in [0.4, 0.5) is 0 Å². The number of hydrogen-bond donors (Lipinski definition) is 0. The Morgan fingerprint density at radius 1 is 0.900 bits per heavy atom. The minimum absolute atomic E-state index is 0.220. The van der Waals surface area contributed by atoms with Gasteiger partial charge in [0.05, 0.1) is 5.71 Å². The predicted octanol–water partition coefficient (Wildman–Crippen LogP) is 3.40. The molecule has 4 rings (SSSR count). The van der Waals surface area contributed by atoms with Crippen LogP contribution in [0, 0.1) is 0 Å². The quantitative estimate of drug-likeness (QED) is 0.773. The van der Waals surface area contributed by atoms with Gasteiger partial charge < -0.3 is 0 Å². The van der Waals surface area contributed by atoms with Crippen molar-refractivity contribution in [2.24, 2.45) is 4.99 Å². The fourth-order valence-corrected chi connectivity index (χ4v) is 3.58. The molecule has 0 N–H and O–H groups in total. The van der Waals surface area contributed by atoms with Crippen molar-refractivity contribution in [3.63, 3.8) is 0 Å². The van der Waals surface area contributed by atoms with Gasteiger partial charge in [0.2, 0.25) is 0 Å². The maximum Gasteiger partial charge on any atom is 0.180 e. The van der Waals surface area contributed by atoms with E-state index < -0.39 is 5.41 Å². The number of aliphatic imine (C=N–C) groups is 1. The Bertz CT molecular complexity index is 717. The molecule has 0 radical (unpaired) electrons. The summed E-state index contributed by atoms with van der Waals surface area (Å²) in [5, 5.41) is 0. The second-order valence-corrected chi connectivity index (χ2v) is 5.48. The molecule has 1 aliphatic carbocycles. The third kappa shape index (κ3) is 1.34. The number of fused-ring (bicyclic) bond motifs is 3. The fourth-order valence-electron chi connectivity index (χ4n) is 3.58. The van der Waals surface area contributed by atoms with Crippen LogP contribution in [0.2, 0.25) is 0 Å². The van der Waals surface area contributed by atoms with E-state index >= 15 is 0 Å². The molecular formula is C18H15NO. The molecule has 2 aromatic rings. The minimum Gasteiger partial charge on any atom is -0.293 e. The van der Waals surface area contributed by atoms with Crippen molar-refractivity contribution < 1.29 is 4.79 Å².